The number of hydrogen-bond acceptors (Lipinski definition) is 6. The first kappa shape index (κ1) is 21.9. The normalized spacial score (nSPS) is 24.6. The molecule has 2 atom stereocenters. The van der Waals surface area contributed by atoms with Crippen LogP contribution in [0.25, 0.3) is 11.4 Å². The van der Waals surface area contributed by atoms with Gasteiger partial charge in [-0.2, -0.15) is 4.98 Å². The first-order chi connectivity index (χ1) is 17.0. The number of urea groups is 1. The number of halogens is 1. The molecule has 2 aliphatic heterocycles. The number of fused-ring (bicyclic) bond motifs is 1. The molecule has 2 unspecified atom stereocenters. The third-order valence-corrected chi connectivity index (χ3v) is 7.42. The molecule has 1 N–H and O–H groups in total. The molecule has 2 fully saturated rings. The number of nitrogens with zero attached hydrogens (tertiary/aromatic N) is 4. The molecule has 35 heavy (non-hydrogen) atoms. The molecule has 0 saturated carbocycles. The lowest BCUT2D eigenvalue weighted by atomic mass is 9.78. The SMILES string of the molecule is O=C1NC2(CCc3ccccc3C2)C(=O)N1CN1CCCC(c2nc(-c3ccc(F)cc3)no2)C1. The van der Waals surface area contributed by atoms with Crippen molar-refractivity contribution in [2.24, 2.45) is 0 Å². The molecular weight excluding hydrogens is 449 g/mol. The molecule has 3 heterocycles. The van der Waals surface area contributed by atoms with Crippen LogP contribution in [-0.4, -0.2) is 57.2 Å². The van der Waals surface area contributed by atoms with Crippen LogP contribution in [0.2, 0.25) is 0 Å². The maximum atomic E-state index is 13.5. The minimum atomic E-state index is -0.850. The van der Waals surface area contributed by atoms with E-state index in [0.29, 0.717) is 36.7 Å². The van der Waals surface area contributed by atoms with Crippen molar-refractivity contribution in [3.8, 4) is 11.4 Å². The average molecular weight is 476 g/mol. The van der Waals surface area contributed by atoms with Gasteiger partial charge in [0.25, 0.3) is 5.91 Å². The van der Waals surface area contributed by atoms with Gasteiger partial charge in [0.1, 0.15) is 11.4 Å². The number of carbonyl (C=O) groups is 2. The van der Waals surface area contributed by atoms with Gasteiger partial charge in [-0.3, -0.25) is 9.69 Å². The van der Waals surface area contributed by atoms with Gasteiger partial charge in [-0.1, -0.05) is 29.4 Å². The van der Waals surface area contributed by atoms with Crippen molar-refractivity contribution in [3.05, 3.63) is 71.4 Å². The second-order valence-electron chi connectivity index (χ2n) is 9.71. The Morgan fingerprint density at radius 3 is 2.74 bits per heavy atom. The topological polar surface area (TPSA) is 91.6 Å². The lowest BCUT2D eigenvalue weighted by molar-refractivity contribution is -0.133. The van der Waals surface area contributed by atoms with Gasteiger partial charge in [0.2, 0.25) is 11.7 Å². The van der Waals surface area contributed by atoms with Crippen molar-refractivity contribution in [1.82, 2.24) is 25.3 Å². The van der Waals surface area contributed by atoms with Crippen LogP contribution in [-0.2, 0) is 17.6 Å². The predicted molar refractivity (Wildman–Crippen MR) is 125 cm³/mol. The van der Waals surface area contributed by atoms with Crippen molar-refractivity contribution in [2.75, 3.05) is 19.8 Å². The standard InChI is InChI=1S/C26H26FN5O3/c27-21-9-7-18(8-10-21)22-28-23(35-30-22)20-6-3-13-31(15-20)16-32-24(33)26(29-25(32)34)12-11-17-4-1-2-5-19(17)14-26/h1-2,4-5,7-10,20H,3,6,11-16H2,(H,29,34). The molecule has 0 radical (unpaired) electrons. The van der Waals surface area contributed by atoms with E-state index in [1.54, 1.807) is 12.1 Å². The number of likely N-dealkylation sites (tertiary alicyclic amines) is 1. The van der Waals surface area contributed by atoms with E-state index >= 15 is 0 Å². The Balaban J connectivity index is 1.14. The lowest BCUT2D eigenvalue weighted by Crippen LogP contribution is -2.52. The smallest absolute Gasteiger partial charge is 0.326 e. The van der Waals surface area contributed by atoms with Crippen molar-refractivity contribution < 1.29 is 18.5 Å². The number of amides is 3. The van der Waals surface area contributed by atoms with Crippen molar-refractivity contribution in [3.63, 3.8) is 0 Å². The molecule has 1 aromatic heterocycles. The number of hydrogen-bond donors (Lipinski definition) is 1. The summed E-state index contributed by atoms with van der Waals surface area (Å²) in [4.78, 5) is 34.3. The fraction of sp³-hybridized carbons (Fsp3) is 0.385. The fourth-order valence-electron chi connectivity index (χ4n) is 5.53. The molecule has 1 aliphatic carbocycles. The van der Waals surface area contributed by atoms with E-state index in [0.717, 1.165) is 31.4 Å². The maximum Gasteiger partial charge on any atom is 0.326 e. The van der Waals surface area contributed by atoms with Crippen LogP contribution < -0.4 is 5.32 Å². The number of nitrogens with one attached hydrogen (secondary N) is 1. The minimum Gasteiger partial charge on any atom is -0.339 e. The highest BCUT2D eigenvalue weighted by Gasteiger charge is 2.52. The molecule has 1 spiro atoms. The van der Waals surface area contributed by atoms with Crippen LogP contribution in [0.15, 0.2) is 53.1 Å². The zero-order valence-corrected chi connectivity index (χ0v) is 19.2. The van der Waals surface area contributed by atoms with Crippen LogP contribution in [0, 0.1) is 5.82 Å². The molecule has 3 aliphatic rings. The van der Waals surface area contributed by atoms with Crippen molar-refractivity contribution >= 4 is 11.9 Å². The Hall–Kier alpha value is -3.59. The highest BCUT2D eigenvalue weighted by atomic mass is 19.1. The molecule has 2 aromatic carbocycles. The van der Waals surface area contributed by atoms with Gasteiger partial charge in [0, 0.05) is 18.5 Å². The van der Waals surface area contributed by atoms with Gasteiger partial charge in [-0.15, -0.1) is 0 Å². The second-order valence-corrected chi connectivity index (χ2v) is 9.71. The Bertz CT molecular complexity index is 1280. The van der Waals surface area contributed by atoms with Crippen LogP contribution in [0.3, 0.4) is 0 Å². The summed E-state index contributed by atoms with van der Waals surface area (Å²) in [6, 6.07) is 13.8. The lowest BCUT2D eigenvalue weighted by Gasteiger charge is -2.34. The summed E-state index contributed by atoms with van der Waals surface area (Å²) in [6.07, 6.45) is 3.68. The Labute approximate surface area is 202 Å². The van der Waals surface area contributed by atoms with E-state index in [-0.39, 0.29) is 30.3 Å². The molecule has 2 saturated heterocycles. The van der Waals surface area contributed by atoms with Gasteiger partial charge in [-0.05, 0) is 67.6 Å². The third kappa shape index (κ3) is 3.99. The van der Waals surface area contributed by atoms with E-state index in [2.05, 4.69) is 26.4 Å². The van der Waals surface area contributed by atoms with Gasteiger partial charge in [-0.25, -0.2) is 14.1 Å². The van der Waals surface area contributed by atoms with Crippen LogP contribution in [0.1, 0.15) is 42.2 Å². The minimum absolute atomic E-state index is 0.00160. The molecular formula is C26H26FN5O3. The summed E-state index contributed by atoms with van der Waals surface area (Å²) in [7, 11) is 0. The molecule has 6 rings (SSSR count). The van der Waals surface area contributed by atoms with E-state index in [1.807, 2.05) is 18.2 Å². The Kier molecular flexibility index (Phi) is 5.36. The monoisotopic (exact) mass is 475 g/mol. The average Bonchev–Trinajstić information content (AvgIpc) is 3.45. The van der Waals surface area contributed by atoms with E-state index in [1.165, 1.54) is 22.6 Å². The predicted octanol–water partition coefficient (Wildman–Crippen LogP) is 3.49. The Morgan fingerprint density at radius 2 is 1.91 bits per heavy atom. The number of aryl methyl sites for hydroxylation is 1. The van der Waals surface area contributed by atoms with Crippen LogP contribution >= 0.6 is 0 Å². The number of carbonyl (C=O) groups excluding carboxylic acids is 2. The number of rotatable bonds is 4. The zero-order valence-electron chi connectivity index (χ0n) is 19.2. The van der Waals surface area contributed by atoms with Crippen molar-refractivity contribution in [2.45, 2.75) is 43.6 Å². The molecule has 0 bridgehead atoms. The molecule has 3 aromatic rings. The summed E-state index contributed by atoms with van der Waals surface area (Å²) in [5.41, 5.74) is 2.21. The van der Waals surface area contributed by atoms with Crippen LogP contribution in [0.4, 0.5) is 9.18 Å². The summed E-state index contributed by atoms with van der Waals surface area (Å²) >= 11 is 0. The third-order valence-electron chi connectivity index (χ3n) is 7.42. The molecule has 9 heteroatoms. The van der Waals surface area contributed by atoms with Crippen LogP contribution in [0.5, 0.6) is 0 Å². The molecule has 3 amide bonds. The van der Waals surface area contributed by atoms with Gasteiger partial charge >= 0.3 is 6.03 Å². The van der Waals surface area contributed by atoms with Gasteiger partial charge < -0.3 is 9.84 Å². The highest BCUT2D eigenvalue weighted by molar-refractivity contribution is 6.07. The first-order valence-corrected chi connectivity index (χ1v) is 12.0. The van der Waals surface area contributed by atoms with E-state index in [9.17, 15) is 14.0 Å². The summed E-state index contributed by atoms with van der Waals surface area (Å²) in [5, 5.41) is 7.07. The summed E-state index contributed by atoms with van der Waals surface area (Å²) in [5.74, 6) is 0.481. The number of piperidine rings is 1. The number of aromatic nitrogens is 2. The van der Waals surface area contributed by atoms with E-state index < -0.39 is 5.54 Å². The van der Waals surface area contributed by atoms with Crippen molar-refractivity contribution in [1.29, 1.82) is 0 Å². The fourth-order valence-corrected chi connectivity index (χ4v) is 5.53. The maximum absolute atomic E-state index is 13.5. The number of benzene rings is 2. The van der Waals surface area contributed by atoms with Gasteiger partial charge in [0.05, 0.1) is 12.6 Å². The largest absolute Gasteiger partial charge is 0.339 e. The highest BCUT2D eigenvalue weighted by Crippen LogP contribution is 2.34. The Morgan fingerprint density at radius 1 is 1.11 bits per heavy atom. The molecule has 180 valence electrons. The quantitative estimate of drug-likeness (QED) is 0.581. The number of imide groups is 1. The summed E-state index contributed by atoms with van der Waals surface area (Å²) < 4.78 is 18.8. The second kappa shape index (κ2) is 8.57. The summed E-state index contributed by atoms with van der Waals surface area (Å²) in [6.45, 7) is 1.63. The van der Waals surface area contributed by atoms with E-state index in [4.69, 9.17) is 4.52 Å². The zero-order chi connectivity index (χ0) is 24.0. The molecule has 8 nitrogen and oxygen atoms in total. The van der Waals surface area contributed by atoms with Gasteiger partial charge in [0.15, 0.2) is 0 Å². The first-order valence-electron chi connectivity index (χ1n) is 12.0.